The predicted octanol–water partition coefficient (Wildman–Crippen LogP) is 8.48. The fraction of sp³-hybridized carbons (Fsp3) is 0.294. The molecule has 2 aliphatic heterocycles. The molecule has 0 unspecified atom stereocenters. The van der Waals surface area contributed by atoms with Crippen LogP contribution in [-0.2, 0) is 4.79 Å². The van der Waals surface area contributed by atoms with E-state index in [1.54, 1.807) is 24.3 Å². The van der Waals surface area contributed by atoms with Gasteiger partial charge in [-0.1, -0.05) is 67.6 Å². The molecule has 0 saturated heterocycles. The Hall–Kier alpha value is -3.99. The maximum absolute atomic E-state index is 13.0. The van der Waals surface area contributed by atoms with E-state index in [9.17, 15) is 4.79 Å². The van der Waals surface area contributed by atoms with Gasteiger partial charge in [0.1, 0.15) is 29.8 Å². The van der Waals surface area contributed by atoms with E-state index in [1.165, 1.54) is 36.0 Å². The van der Waals surface area contributed by atoms with Crippen LogP contribution in [0, 0.1) is 5.41 Å². The van der Waals surface area contributed by atoms with E-state index in [0.29, 0.717) is 56.8 Å². The highest BCUT2D eigenvalue weighted by atomic mass is 35.5. The van der Waals surface area contributed by atoms with Crippen molar-refractivity contribution in [2.75, 3.05) is 26.4 Å². The first-order valence-electron chi connectivity index (χ1n) is 15.1. The van der Waals surface area contributed by atoms with Crippen LogP contribution in [-0.4, -0.2) is 53.4 Å². The van der Waals surface area contributed by atoms with Gasteiger partial charge in [-0.3, -0.25) is 10.2 Å². The standard InChI is InChI=1S/C34H34Cl2N4O5S/c1-3-5-6-9-16-43-23-12-14-24(15-13-23)44-17-18-45-30-28(36)20-22(21-29(30)42-4-2)19-26-31(37)40-34(38-32(26)41)46-33(39-40)25-10-7-8-11-27(25)35/h7-8,10-15,19-21,37H,3-6,9,16-18H2,1-2H3/b26-19-,37-31?. The lowest BCUT2D eigenvalue weighted by Crippen LogP contribution is -2.35. The number of amidine groups is 2. The van der Waals surface area contributed by atoms with Gasteiger partial charge in [-0.25, -0.2) is 0 Å². The molecule has 5 rings (SSSR count). The van der Waals surface area contributed by atoms with Crippen LogP contribution in [0.5, 0.6) is 23.0 Å². The van der Waals surface area contributed by atoms with E-state index < -0.39 is 5.91 Å². The number of unbranched alkanes of at least 4 members (excludes halogenated alkanes) is 3. The van der Waals surface area contributed by atoms with Crippen molar-refractivity contribution in [2.24, 2.45) is 10.1 Å². The molecule has 0 spiro atoms. The monoisotopic (exact) mass is 680 g/mol. The average Bonchev–Trinajstić information content (AvgIpc) is 3.47. The third kappa shape index (κ3) is 8.23. The van der Waals surface area contributed by atoms with E-state index >= 15 is 0 Å². The molecule has 0 saturated carbocycles. The van der Waals surface area contributed by atoms with Crippen LogP contribution >= 0.6 is 35.0 Å². The van der Waals surface area contributed by atoms with Crippen LogP contribution in [0.2, 0.25) is 10.0 Å². The molecule has 3 aromatic rings. The Balaban J connectivity index is 1.22. The molecule has 2 aliphatic rings. The smallest absolute Gasteiger partial charge is 0.283 e. The van der Waals surface area contributed by atoms with Crippen LogP contribution in [0.1, 0.15) is 50.7 Å². The second-order valence-electron chi connectivity index (χ2n) is 10.2. The summed E-state index contributed by atoms with van der Waals surface area (Å²) in [6.45, 7) is 5.60. The number of rotatable bonds is 15. The Morgan fingerprint density at radius 2 is 1.59 bits per heavy atom. The van der Waals surface area contributed by atoms with Gasteiger partial charge in [0.2, 0.25) is 5.17 Å². The van der Waals surface area contributed by atoms with Crippen molar-refractivity contribution in [3.8, 4) is 23.0 Å². The fourth-order valence-electron chi connectivity index (χ4n) is 4.63. The topological polar surface area (TPSA) is 106 Å². The van der Waals surface area contributed by atoms with Crippen molar-refractivity contribution < 1.29 is 23.7 Å². The molecule has 0 radical (unpaired) electrons. The largest absolute Gasteiger partial charge is 0.494 e. The van der Waals surface area contributed by atoms with Crippen molar-refractivity contribution in [3.63, 3.8) is 0 Å². The number of benzene rings is 3. The highest BCUT2D eigenvalue weighted by Crippen LogP contribution is 2.38. The summed E-state index contributed by atoms with van der Waals surface area (Å²) in [7, 11) is 0. The van der Waals surface area contributed by atoms with E-state index in [-0.39, 0.29) is 29.6 Å². The molecular weight excluding hydrogens is 647 g/mol. The minimum Gasteiger partial charge on any atom is -0.494 e. The molecule has 0 aliphatic carbocycles. The van der Waals surface area contributed by atoms with E-state index in [4.69, 9.17) is 47.6 Å². The van der Waals surface area contributed by atoms with Crippen molar-refractivity contribution in [1.82, 2.24) is 5.01 Å². The number of carbonyl (C=O) groups is 1. The van der Waals surface area contributed by atoms with Crippen LogP contribution in [0.3, 0.4) is 0 Å². The third-order valence-corrected chi connectivity index (χ3v) is 8.44. The lowest BCUT2D eigenvalue weighted by molar-refractivity contribution is -0.114. The maximum Gasteiger partial charge on any atom is 0.283 e. The number of halogens is 2. The van der Waals surface area contributed by atoms with Crippen LogP contribution in [0.15, 0.2) is 76.3 Å². The molecule has 9 nitrogen and oxygen atoms in total. The van der Waals surface area contributed by atoms with Gasteiger partial charge >= 0.3 is 0 Å². The number of nitrogens with zero attached hydrogens (tertiary/aromatic N) is 3. The summed E-state index contributed by atoms with van der Waals surface area (Å²) < 4.78 is 23.4. The van der Waals surface area contributed by atoms with Gasteiger partial charge < -0.3 is 18.9 Å². The highest BCUT2D eigenvalue weighted by molar-refractivity contribution is 8.27. The molecule has 1 N–H and O–H groups in total. The van der Waals surface area contributed by atoms with Crippen molar-refractivity contribution in [3.05, 3.63) is 87.4 Å². The van der Waals surface area contributed by atoms with Gasteiger partial charge in [0, 0.05) is 5.56 Å². The van der Waals surface area contributed by atoms with Crippen LogP contribution in [0.25, 0.3) is 6.08 Å². The number of hydrogen-bond acceptors (Lipinski definition) is 8. The summed E-state index contributed by atoms with van der Waals surface area (Å²) in [5, 5.41) is 16.2. The van der Waals surface area contributed by atoms with E-state index in [0.717, 1.165) is 12.2 Å². The van der Waals surface area contributed by atoms with Crippen LogP contribution in [0.4, 0.5) is 0 Å². The molecule has 3 aromatic carbocycles. The molecule has 240 valence electrons. The van der Waals surface area contributed by atoms with Gasteiger partial charge in [-0.05, 0) is 79.2 Å². The maximum atomic E-state index is 13.0. The summed E-state index contributed by atoms with van der Waals surface area (Å²) in [4.78, 5) is 17.2. The van der Waals surface area contributed by atoms with Gasteiger partial charge in [0.25, 0.3) is 5.91 Å². The van der Waals surface area contributed by atoms with E-state index in [2.05, 4.69) is 17.0 Å². The Kier molecular flexibility index (Phi) is 11.6. The van der Waals surface area contributed by atoms with Gasteiger partial charge in [0.05, 0.1) is 28.8 Å². The summed E-state index contributed by atoms with van der Waals surface area (Å²) in [5.74, 6) is 1.60. The number of hydrogen-bond donors (Lipinski definition) is 1. The number of ether oxygens (including phenoxy) is 4. The second kappa shape index (κ2) is 16.0. The zero-order chi connectivity index (χ0) is 32.5. The molecule has 0 atom stereocenters. The third-order valence-electron chi connectivity index (χ3n) is 6.89. The molecule has 0 bridgehead atoms. The molecule has 46 heavy (non-hydrogen) atoms. The molecule has 12 heteroatoms. The van der Waals surface area contributed by atoms with E-state index in [1.807, 2.05) is 49.4 Å². The quantitative estimate of drug-likeness (QED) is 0.127. The lowest BCUT2D eigenvalue weighted by Gasteiger charge is -2.20. The molecule has 2 heterocycles. The second-order valence-corrected chi connectivity index (χ2v) is 12.0. The molecule has 1 amide bonds. The van der Waals surface area contributed by atoms with Crippen molar-refractivity contribution in [1.29, 1.82) is 5.41 Å². The first kappa shape index (κ1) is 33.4. The number of nitrogens with one attached hydrogen (secondary N) is 1. The Morgan fingerprint density at radius 3 is 2.30 bits per heavy atom. The van der Waals surface area contributed by atoms with Crippen molar-refractivity contribution >= 4 is 63.0 Å². The zero-order valence-electron chi connectivity index (χ0n) is 25.6. The number of carbonyl (C=O) groups excluding carboxylic acids is 1. The average molecular weight is 682 g/mol. The molecule has 0 aromatic heterocycles. The first-order valence-corrected chi connectivity index (χ1v) is 16.6. The van der Waals surface area contributed by atoms with Crippen LogP contribution < -0.4 is 18.9 Å². The Labute approximate surface area is 282 Å². The lowest BCUT2D eigenvalue weighted by atomic mass is 10.1. The van der Waals surface area contributed by atoms with Gasteiger partial charge in [0.15, 0.2) is 17.3 Å². The minimum absolute atomic E-state index is 0.0574. The SMILES string of the molecule is CCCCCCOc1ccc(OCCOc2c(Cl)cc(/C=C3/C(=N)N4N=C(c5ccccc5Cl)SC4=NC3=O)cc2OCC)cc1. The number of fused-ring (bicyclic) bond motifs is 1. The number of amides is 1. The Morgan fingerprint density at radius 1 is 0.870 bits per heavy atom. The fourth-order valence-corrected chi connectivity index (χ4v) is 6.12. The first-order chi connectivity index (χ1) is 22.4. The minimum atomic E-state index is -0.558. The normalized spacial score (nSPS) is 15.0. The summed E-state index contributed by atoms with van der Waals surface area (Å²) >= 11 is 14.2. The van der Waals surface area contributed by atoms with Gasteiger partial charge in [-0.15, -0.1) is 0 Å². The Bertz CT molecular complexity index is 1680. The zero-order valence-corrected chi connectivity index (χ0v) is 27.9. The molecule has 0 fully saturated rings. The highest BCUT2D eigenvalue weighted by Gasteiger charge is 2.36. The summed E-state index contributed by atoms with van der Waals surface area (Å²) in [6.07, 6.45) is 6.18. The predicted molar refractivity (Wildman–Crippen MR) is 185 cm³/mol. The number of thioether (sulfide) groups is 1. The summed E-state index contributed by atoms with van der Waals surface area (Å²) in [6, 6.07) is 18.1. The number of hydrazone groups is 1. The summed E-state index contributed by atoms with van der Waals surface area (Å²) in [5.41, 5.74) is 1.29. The number of aliphatic imine (C=N–C) groups is 1. The van der Waals surface area contributed by atoms with Gasteiger partial charge in [-0.2, -0.15) is 15.1 Å². The van der Waals surface area contributed by atoms with Crippen molar-refractivity contribution in [2.45, 2.75) is 39.5 Å². The molecular formula is C34H34Cl2N4O5S.